The number of benzene rings is 3. The van der Waals surface area contributed by atoms with Crippen molar-refractivity contribution in [2.75, 3.05) is 5.32 Å². The lowest BCUT2D eigenvalue weighted by Gasteiger charge is -2.11. The summed E-state index contributed by atoms with van der Waals surface area (Å²) in [4.78, 5) is 23.3. The molecule has 25 heavy (non-hydrogen) atoms. The van der Waals surface area contributed by atoms with Crippen molar-refractivity contribution in [2.24, 2.45) is 0 Å². The number of nitrogens with one attached hydrogen (secondary N) is 1. The second kappa shape index (κ2) is 5.70. The minimum atomic E-state index is -1.24. The van der Waals surface area contributed by atoms with Gasteiger partial charge in [-0.15, -0.1) is 0 Å². The monoisotopic (exact) mass is 335 g/mol. The Bertz CT molecular complexity index is 1030. The van der Waals surface area contributed by atoms with Crippen LogP contribution >= 0.6 is 0 Å². The van der Waals surface area contributed by atoms with Crippen molar-refractivity contribution in [1.82, 2.24) is 0 Å². The predicted octanol–water partition coefficient (Wildman–Crippen LogP) is 4.03. The Morgan fingerprint density at radius 1 is 1.00 bits per heavy atom. The molecular weight excluding hydrogens is 321 g/mol. The van der Waals surface area contributed by atoms with Gasteiger partial charge in [0.1, 0.15) is 5.82 Å². The first-order valence-electron chi connectivity index (χ1n) is 7.92. The van der Waals surface area contributed by atoms with Crippen LogP contribution in [0.3, 0.4) is 0 Å². The topological polar surface area (TPSA) is 66.4 Å². The number of carbonyl (C=O) groups is 2. The van der Waals surface area contributed by atoms with Crippen molar-refractivity contribution in [3.63, 3.8) is 0 Å². The summed E-state index contributed by atoms with van der Waals surface area (Å²) in [5.74, 6) is -2.70. The van der Waals surface area contributed by atoms with Crippen LogP contribution in [-0.2, 0) is 12.8 Å². The molecular formula is C20H14FNO3. The number of rotatable bonds is 3. The number of carbonyl (C=O) groups excluding carboxylic acids is 1. The van der Waals surface area contributed by atoms with Crippen LogP contribution in [0.4, 0.5) is 10.1 Å². The average Bonchev–Trinajstić information content (AvgIpc) is 3.02. The van der Waals surface area contributed by atoms with E-state index in [-0.39, 0.29) is 11.1 Å². The number of aryl methyl sites for hydroxylation is 2. The van der Waals surface area contributed by atoms with Crippen LogP contribution in [0, 0.1) is 5.82 Å². The number of carboxylic acid groups (broad SMARTS) is 1. The van der Waals surface area contributed by atoms with Gasteiger partial charge >= 0.3 is 5.97 Å². The third-order valence-electron chi connectivity index (χ3n) is 4.59. The number of hydrogen-bond acceptors (Lipinski definition) is 2. The quantitative estimate of drug-likeness (QED) is 0.759. The highest BCUT2D eigenvalue weighted by atomic mass is 19.1. The summed E-state index contributed by atoms with van der Waals surface area (Å²) in [6.07, 6.45) is 1.96. The molecule has 3 aromatic rings. The molecule has 0 aliphatic heterocycles. The molecule has 0 saturated carbocycles. The summed E-state index contributed by atoms with van der Waals surface area (Å²) >= 11 is 0. The van der Waals surface area contributed by atoms with E-state index < -0.39 is 17.7 Å². The molecule has 2 N–H and O–H groups in total. The molecule has 0 bridgehead atoms. The van der Waals surface area contributed by atoms with Crippen molar-refractivity contribution in [3.8, 4) is 0 Å². The SMILES string of the molecule is O=C(O)c1ccc(C(=O)Nc2ccc3c4c(cccc24)CC3)c(F)c1. The van der Waals surface area contributed by atoms with Crippen LogP contribution in [0.2, 0.25) is 0 Å². The van der Waals surface area contributed by atoms with Crippen molar-refractivity contribution < 1.29 is 19.1 Å². The Morgan fingerprint density at radius 2 is 1.76 bits per heavy atom. The summed E-state index contributed by atoms with van der Waals surface area (Å²) in [5, 5.41) is 13.7. The van der Waals surface area contributed by atoms with Gasteiger partial charge in [0.25, 0.3) is 5.91 Å². The van der Waals surface area contributed by atoms with E-state index in [0.717, 1.165) is 29.7 Å². The molecule has 3 aromatic carbocycles. The lowest BCUT2D eigenvalue weighted by Crippen LogP contribution is -2.14. The zero-order chi connectivity index (χ0) is 17.6. The van der Waals surface area contributed by atoms with Gasteiger partial charge in [-0.25, -0.2) is 9.18 Å². The van der Waals surface area contributed by atoms with Gasteiger partial charge in [0, 0.05) is 11.1 Å². The molecule has 1 aliphatic rings. The second-order valence-corrected chi connectivity index (χ2v) is 6.07. The van der Waals surface area contributed by atoms with E-state index in [2.05, 4.69) is 11.4 Å². The van der Waals surface area contributed by atoms with Crippen LogP contribution in [0.15, 0.2) is 48.5 Å². The molecule has 0 unspecified atom stereocenters. The van der Waals surface area contributed by atoms with Crippen molar-refractivity contribution in [1.29, 1.82) is 0 Å². The summed E-state index contributed by atoms with van der Waals surface area (Å²) in [6, 6.07) is 13.0. The molecule has 0 aromatic heterocycles. The van der Waals surface area contributed by atoms with Crippen LogP contribution in [0.1, 0.15) is 31.8 Å². The maximum absolute atomic E-state index is 14.1. The predicted molar refractivity (Wildman–Crippen MR) is 92.7 cm³/mol. The highest BCUT2D eigenvalue weighted by Gasteiger charge is 2.19. The number of amides is 1. The average molecular weight is 335 g/mol. The van der Waals surface area contributed by atoms with Crippen LogP contribution in [-0.4, -0.2) is 17.0 Å². The van der Waals surface area contributed by atoms with E-state index in [4.69, 9.17) is 5.11 Å². The standard InChI is InChI=1S/C20H14FNO3/c21-16-10-13(20(24)25)6-8-14(16)19(23)22-17-9-7-12-5-4-11-2-1-3-15(17)18(11)12/h1-3,6-10H,4-5H2,(H,22,23)(H,24,25). The van der Waals surface area contributed by atoms with Crippen LogP contribution in [0.25, 0.3) is 10.8 Å². The first kappa shape index (κ1) is 15.3. The highest BCUT2D eigenvalue weighted by molar-refractivity contribution is 6.10. The fraction of sp³-hybridized carbons (Fsp3) is 0.100. The van der Waals surface area contributed by atoms with E-state index in [0.29, 0.717) is 5.69 Å². The van der Waals surface area contributed by atoms with Crippen molar-refractivity contribution in [3.05, 3.63) is 76.6 Å². The Morgan fingerprint density at radius 3 is 2.48 bits per heavy atom. The summed E-state index contributed by atoms with van der Waals surface area (Å²) < 4.78 is 14.1. The number of anilines is 1. The minimum absolute atomic E-state index is 0.187. The molecule has 4 rings (SSSR count). The van der Waals surface area contributed by atoms with E-state index in [1.165, 1.54) is 23.3 Å². The molecule has 0 heterocycles. The molecule has 0 fully saturated rings. The van der Waals surface area contributed by atoms with Crippen molar-refractivity contribution in [2.45, 2.75) is 12.8 Å². The Kier molecular flexibility index (Phi) is 3.50. The number of aromatic carboxylic acids is 1. The molecule has 0 radical (unpaired) electrons. The number of hydrogen-bond donors (Lipinski definition) is 2. The van der Waals surface area contributed by atoms with Crippen molar-refractivity contribution >= 4 is 28.3 Å². The van der Waals surface area contributed by atoms with E-state index in [9.17, 15) is 14.0 Å². The zero-order valence-electron chi connectivity index (χ0n) is 13.2. The third-order valence-corrected chi connectivity index (χ3v) is 4.59. The van der Waals surface area contributed by atoms with Gasteiger partial charge in [-0.2, -0.15) is 0 Å². The van der Waals surface area contributed by atoms with Gasteiger partial charge in [-0.1, -0.05) is 24.3 Å². The molecule has 0 saturated heterocycles. The second-order valence-electron chi connectivity index (χ2n) is 6.07. The van der Waals surface area contributed by atoms with Gasteiger partial charge in [0.2, 0.25) is 0 Å². The van der Waals surface area contributed by atoms with E-state index in [1.54, 1.807) is 0 Å². The summed E-state index contributed by atoms with van der Waals surface area (Å²) in [7, 11) is 0. The molecule has 4 nitrogen and oxygen atoms in total. The van der Waals surface area contributed by atoms with Gasteiger partial charge in [-0.3, -0.25) is 4.79 Å². The maximum Gasteiger partial charge on any atom is 0.335 e. The molecule has 5 heteroatoms. The normalized spacial score (nSPS) is 12.4. The maximum atomic E-state index is 14.1. The third kappa shape index (κ3) is 2.54. The number of carboxylic acids is 1. The summed E-state index contributed by atoms with van der Waals surface area (Å²) in [5.41, 5.74) is 2.74. The van der Waals surface area contributed by atoms with Crippen LogP contribution in [0.5, 0.6) is 0 Å². The van der Waals surface area contributed by atoms with E-state index in [1.807, 2.05) is 24.3 Å². The molecule has 0 atom stereocenters. The zero-order valence-corrected chi connectivity index (χ0v) is 13.2. The van der Waals surface area contributed by atoms with Crippen LogP contribution < -0.4 is 5.32 Å². The van der Waals surface area contributed by atoms with E-state index >= 15 is 0 Å². The highest BCUT2D eigenvalue weighted by Crippen LogP contribution is 2.35. The van der Waals surface area contributed by atoms with Gasteiger partial charge in [-0.05, 0) is 53.6 Å². The van der Waals surface area contributed by atoms with Gasteiger partial charge in [0.15, 0.2) is 0 Å². The Balaban J connectivity index is 1.71. The number of halogens is 1. The first-order chi connectivity index (χ1) is 12.0. The minimum Gasteiger partial charge on any atom is -0.478 e. The Hall–Kier alpha value is -3.21. The lowest BCUT2D eigenvalue weighted by molar-refractivity contribution is 0.0695. The fourth-order valence-corrected chi connectivity index (χ4v) is 3.38. The van der Waals surface area contributed by atoms with Gasteiger partial charge in [0.05, 0.1) is 11.1 Å². The summed E-state index contributed by atoms with van der Waals surface area (Å²) in [6.45, 7) is 0. The molecule has 0 spiro atoms. The molecule has 1 aliphatic carbocycles. The largest absolute Gasteiger partial charge is 0.478 e. The first-order valence-corrected chi connectivity index (χ1v) is 7.92. The Labute approximate surface area is 142 Å². The molecule has 1 amide bonds. The van der Waals surface area contributed by atoms with Gasteiger partial charge < -0.3 is 10.4 Å². The molecule has 124 valence electrons. The lowest BCUT2D eigenvalue weighted by atomic mass is 10.0. The smallest absolute Gasteiger partial charge is 0.335 e. The fourth-order valence-electron chi connectivity index (χ4n) is 3.38.